The largest absolute Gasteiger partial charge is 0.377 e. The summed E-state index contributed by atoms with van der Waals surface area (Å²) in [6, 6.07) is 7.35. The molecule has 0 bridgehead atoms. The molecule has 126 valence electrons. The lowest BCUT2D eigenvalue weighted by molar-refractivity contribution is -0.144. The van der Waals surface area contributed by atoms with Crippen LogP contribution in [-0.2, 0) is 16.1 Å². The molecule has 0 unspecified atom stereocenters. The molecule has 2 rings (SSSR count). The highest BCUT2D eigenvalue weighted by molar-refractivity contribution is 5.93. The monoisotopic (exact) mass is 318 g/mol. The summed E-state index contributed by atoms with van der Waals surface area (Å²) in [5.74, 6) is 0.00180. The number of nitrogens with zero attached hydrogens (tertiary/aromatic N) is 1. The van der Waals surface area contributed by atoms with Crippen molar-refractivity contribution < 1.29 is 14.3 Å². The number of carbonyl (C=O) groups excluding carboxylic acids is 2. The molecule has 0 saturated carbocycles. The van der Waals surface area contributed by atoms with Crippen molar-refractivity contribution in [3.05, 3.63) is 35.4 Å². The predicted octanol–water partition coefficient (Wildman–Crippen LogP) is 2.21. The highest BCUT2D eigenvalue weighted by Crippen LogP contribution is 2.25. The van der Waals surface area contributed by atoms with Crippen LogP contribution >= 0.6 is 0 Å². The molecular formula is C18H26N2O3. The van der Waals surface area contributed by atoms with Crippen LogP contribution in [-0.4, -0.2) is 43.5 Å². The van der Waals surface area contributed by atoms with E-state index < -0.39 is 0 Å². The zero-order chi connectivity index (χ0) is 16.8. The lowest BCUT2D eigenvalue weighted by Gasteiger charge is -2.33. The normalized spacial score (nSPS) is 20.8. The van der Waals surface area contributed by atoms with E-state index in [-0.39, 0.29) is 23.8 Å². The fourth-order valence-corrected chi connectivity index (χ4v) is 3.07. The third kappa shape index (κ3) is 4.32. The quantitative estimate of drug-likeness (QED) is 0.905. The maximum atomic E-state index is 12.7. The van der Waals surface area contributed by atoms with E-state index in [0.717, 1.165) is 31.4 Å². The van der Waals surface area contributed by atoms with Gasteiger partial charge in [0.25, 0.3) is 5.91 Å². The van der Waals surface area contributed by atoms with Gasteiger partial charge < -0.3 is 15.0 Å². The Kier molecular flexibility index (Phi) is 6.16. The molecule has 1 aromatic rings. The molecule has 0 aliphatic carbocycles. The predicted molar refractivity (Wildman–Crippen MR) is 89.1 cm³/mol. The minimum absolute atomic E-state index is 0.0364. The number of benzene rings is 1. The van der Waals surface area contributed by atoms with Crippen molar-refractivity contribution in [2.24, 2.45) is 5.92 Å². The van der Waals surface area contributed by atoms with E-state index >= 15 is 0 Å². The summed E-state index contributed by atoms with van der Waals surface area (Å²) in [5, 5.41) is 2.60. The average molecular weight is 318 g/mol. The number of rotatable bonds is 5. The number of ether oxygens (including phenoxy) is 1. The van der Waals surface area contributed by atoms with Gasteiger partial charge in [-0.25, -0.2) is 0 Å². The molecule has 5 nitrogen and oxygen atoms in total. The minimum Gasteiger partial charge on any atom is -0.377 e. The Bertz CT molecular complexity index is 542. The maximum absolute atomic E-state index is 12.7. The SMILES string of the molecule is CC[C@H]1OCCC[C@@H]1C(=O)N(C)Cc1ccc(C(=O)NC)cc1. The van der Waals surface area contributed by atoms with Gasteiger partial charge in [-0.15, -0.1) is 0 Å². The van der Waals surface area contributed by atoms with Crippen LogP contribution in [0.15, 0.2) is 24.3 Å². The minimum atomic E-state index is -0.105. The first-order valence-corrected chi connectivity index (χ1v) is 8.24. The van der Waals surface area contributed by atoms with Crippen LogP contribution in [0.2, 0.25) is 0 Å². The van der Waals surface area contributed by atoms with Gasteiger partial charge in [0.2, 0.25) is 5.91 Å². The Balaban J connectivity index is 1.98. The van der Waals surface area contributed by atoms with Crippen LogP contribution in [0.4, 0.5) is 0 Å². The summed E-state index contributed by atoms with van der Waals surface area (Å²) >= 11 is 0. The van der Waals surface area contributed by atoms with Gasteiger partial charge in [-0.2, -0.15) is 0 Å². The molecule has 1 aliphatic rings. The van der Waals surface area contributed by atoms with Crippen molar-refractivity contribution in [3.63, 3.8) is 0 Å². The van der Waals surface area contributed by atoms with Gasteiger partial charge >= 0.3 is 0 Å². The second-order valence-corrected chi connectivity index (χ2v) is 6.04. The zero-order valence-electron chi connectivity index (χ0n) is 14.2. The van der Waals surface area contributed by atoms with Crippen LogP contribution in [0.1, 0.15) is 42.1 Å². The molecule has 1 aliphatic heterocycles. The van der Waals surface area contributed by atoms with Crippen LogP contribution in [0.3, 0.4) is 0 Å². The summed E-state index contributed by atoms with van der Waals surface area (Å²) in [5.41, 5.74) is 1.63. The van der Waals surface area contributed by atoms with E-state index in [1.807, 2.05) is 19.2 Å². The Morgan fingerprint density at radius 3 is 2.61 bits per heavy atom. The van der Waals surface area contributed by atoms with E-state index in [1.165, 1.54) is 0 Å². The molecule has 1 heterocycles. The van der Waals surface area contributed by atoms with Gasteiger partial charge in [0.15, 0.2) is 0 Å². The summed E-state index contributed by atoms with van der Waals surface area (Å²) in [6.07, 6.45) is 2.75. The molecule has 5 heteroatoms. The molecule has 1 fully saturated rings. The third-order valence-corrected chi connectivity index (χ3v) is 4.40. The van der Waals surface area contributed by atoms with Crippen LogP contribution in [0.25, 0.3) is 0 Å². The van der Waals surface area contributed by atoms with Gasteiger partial charge in [0, 0.05) is 32.8 Å². The van der Waals surface area contributed by atoms with E-state index in [0.29, 0.717) is 12.1 Å². The lowest BCUT2D eigenvalue weighted by Crippen LogP contribution is -2.41. The van der Waals surface area contributed by atoms with E-state index in [1.54, 1.807) is 24.1 Å². The zero-order valence-corrected chi connectivity index (χ0v) is 14.2. The first-order chi connectivity index (χ1) is 11.1. The highest BCUT2D eigenvalue weighted by Gasteiger charge is 2.32. The van der Waals surface area contributed by atoms with Crippen LogP contribution < -0.4 is 5.32 Å². The average Bonchev–Trinajstić information content (AvgIpc) is 2.60. The van der Waals surface area contributed by atoms with Crippen molar-refractivity contribution in [2.45, 2.75) is 38.8 Å². The molecule has 1 aromatic carbocycles. The van der Waals surface area contributed by atoms with Gasteiger partial charge in [0.05, 0.1) is 12.0 Å². The molecule has 0 aromatic heterocycles. The Hall–Kier alpha value is -1.88. The lowest BCUT2D eigenvalue weighted by atomic mass is 9.91. The summed E-state index contributed by atoms with van der Waals surface area (Å²) in [7, 11) is 3.44. The van der Waals surface area contributed by atoms with E-state index in [4.69, 9.17) is 4.74 Å². The molecule has 0 radical (unpaired) electrons. The van der Waals surface area contributed by atoms with Crippen molar-refractivity contribution in [1.82, 2.24) is 10.2 Å². The smallest absolute Gasteiger partial charge is 0.251 e. The van der Waals surface area contributed by atoms with Crippen molar-refractivity contribution in [2.75, 3.05) is 20.7 Å². The van der Waals surface area contributed by atoms with Crippen molar-refractivity contribution in [3.8, 4) is 0 Å². The molecule has 1 saturated heterocycles. The number of hydrogen-bond acceptors (Lipinski definition) is 3. The van der Waals surface area contributed by atoms with Crippen molar-refractivity contribution >= 4 is 11.8 Å². The first-order valence-electron chi connectivity index (χ1n) is 8.24. The Labute approximate surface area is 138 Å². The number of hydrogen-bond donors (Lipinski definition) is 1. The van der Waals surface area contributed by atoms with Gasteiger partial charge in [0.1, 0.15) is 0 Å². The highest BCUT2D eigenvalue weighted by atomic mass is 16.5. The second kappa shape index (κ2) is 8.11. The molecule has 0 spiro atoms. The molecule has 1 N–H and O–H groups in total. The fourth-order valence-electron chi connectivity index (χ4n) is 3.07. The summed E-state index contributed by atoms with van der Waals surface area (Å²) in [4.78, 5) is 26.0. The topological polar surface area (TPSA) is 58.6 Å². The molecule has 23 heavy (non-hydrogen) atoms. The standard InChI is InChI=1S/C18H26N2O3/c1-4-16-15(6-5-11-23-16)18(22)20(3)12-13-7-9-14(10-8-13)17(21)19-2/h7-10,15-16H,4-6,11-12H2,1-3H3,(H,19,21)/t15-,16+/m0/s1. The summed E-state index contributed by atoms with van der Waals surface area (Å²) < 4.78 is 5.72. The Morgan fingerprint density at radius 2 is 2.00 bits per heavy atom. The Morgan fingerprint density at radius 1 is 1.30 bits per heavy atom. The first kappa shape index (κ1) is 17.5. The molecule has 2 atom stereocenters. The van der Waals surface area contributed by atoms with Gasteiger partial charge in [-0.3, -0.25) is 9.59 Å². The fraction of sp³-hybridized carbons (Fsp3) is 0.556. The second-order valence-electron chi connectivity index (χ2n) is 6.04. The molecule has 2 amide bonds. The number of carbonyl (C=O) groups is 2. The van der Waals surface area contributed by atoms with Crippen LogP contribution in [0.5, 0.6) is 0 Å². The number of amides is 2. The van der Waals surface area contributed by atoms with Crippen LogP contribution in [0, 0.1) is 5.92 Å². The maximum Gasteiger partial charge on any atom is 0.251 e. The van der Waals surface area contributed by atoms with E-state index in [2.05, 4.69) is 12.2 Å². The van der Waals surface area contributed by atoms with E-state index in [9.17, 15) is 9.59 Å². The third-order valence-electron chi connectivity index (χ3n) is 4.40. The van der Waals surface area contributed by atoms with Gasteiger partial charge in [-0.1, -0.05) is 19.1 Å². The molecular weight excluding hydrogens is 292 g/mol. The van der Waals surface area contributed by atoms with Crippen molar-refractivity contribution in [1.29, 1.82) is 0 Å². The van der Waals surface area contributed by atoms with Gasteiger partial charge in [-0.05, 0) is 37.0 Å². The number of nitrogens with one attached hydrogen (secondary N) is 1. The summed E-state index contributed by atoms with van der Waals surface area (Å²) in [6.45, 7) is 3.36.